The van der Waals surface area contributed by atoms with E-state index in [9.17, 15) is 4.39 Å². The van der Waals surface area contributed by atoms with E-state index in [2.05, 4.69) is 0 Å². The lowest BCUT2D eigenvalue weighted by Gasteiger charge is -2.12. The maximum absolute atomic E-state index is 13.9. The van der Waals surface area contributed by atoms with Gasteiger partial charge in [0, 0.05) is 9.79 Å². The summed E-state index contributed by atoms with van der Waals surface area (Å²) in [4.78, 5) is 2.17. The zero-order chi connectivity index (χ0) is 12.4. The molecule has 2 rings (SSSR count). The first-order valence-electron chi connectivity index (χ1n) is 5.59. The van der Waals surface area contributed by atoms with Gasteiger partial charge in [-0.05, 0) is 49.6 Å². The molecule has 0 fully saturated rings. The van der Waals surface area contributed by atoms with Crippen molar-refractivity contribution < 1.29 is 4.39 Å². The van der Waals surface area contributed by atoms with Crippen molar-refractivity contribution >= 4 is 11.8 Å². The Kier molecular flexibility index (Phi) is 3.53. The van der Waals surface area contributed by atoms with E-state index in [1.807, 2.05) is 57.2 Å². The molecular weight excluding hydrogens is 231 g/mol. The van der Waals surface area contributed by atoms with Crippen LogP contribution in [0.15, 0.2) is 46.2 Å². The first-order valence-corrected chi connectivity index (χ1v) is 6.40. The molecule has 0 bridgehead atoms. The molecule has 0 saturated heterocycles. The zero-order valence-corrected chi connectivity index (χ0v) is 11.1. The third kappa shape index (κ3) is 2.52. The molecular formula is C15H15FS. The first kappa shape index (κ1) is 12.2. The van der Waals surface area contributed by atoms with E-state index < -0.39 is 0 Å². The van der Waals surface area contributed by atoms with Gasteiger partial charge in [0.1, 0.15) is 5.82 Å². The van der Waals surface area contributed by atoms with Gasteiger partial charge < -0.3 is 0 Å². The Bertz CT molecular complexity index is 532. The molecule has 0 saturated carbocycles. The van der Waals surface area contributed by atoms with Crippen molar-refractivity contribution in [1.82, 2.24) is 0 Å². The van der Waals surface area contributed by atoms with Crippen molar-refractivity contribution in [2.24, 2.45) is 0 Å². The highest BCUT2D eigenvalue weighted by Crippen LogP contribution is 2.34. The minimum atomic E-state index is -0.0889. The van der Waals surface area contributed by atoms with Crippen LogP contribution in [0.4, 0.5) is 4.39 Å². The minimum absolute atomic E-state index is 0.0889. The first-order chi connectivity index (χ1) is 8.09. The number of hydrogen-bond donors (Lipinski definition) is 0. The van der Waals surface area contributed by atoms with Gasteiger partial charge in [0.2, 0.25) is 0 Å². The van der Waals surface area contributed by atoms with Crippen molar-refractivity contribution in [3.8, 4) is 0 Å². The predicted molar refractivity (Wildman–Crippen MR) is 71.2 cm³/mol. The Morgan fingerprint density at radius 2 is 1.59 bits per heavy atom. The van der Waals surface area contributed by atoms with Gasteiger partial charge in [-0.15, -0.1) is 0 Å². The molecule has 0 aliphatic rings. The Hall–Kier alpha value is -1.28. The highest BCUT2D eigenvalue weighted by Gasteiger charge is 2.11. The maximum Gasteiger partial charge on any atom is 0.130 e. The molecule has 2 aromatic carbocycles. The summed E-state index contributed by atoms with van der Waals surface area (Å²) < 4.78 is 13.9. The van der Waals surface area contributed by atoms with Crippen LogP contribution in [-0.4, -0.2) is 0 Å². The summed E-state index contributed by atoms with van der Waals surface area (Å²) >= 11 is 1.62. The third-order valence-corrected chi connectivity index (χ3v) is 4.11. The maximum atomic E-state index is 13.9. The molecule has 0 aliphatic heterocycles. The van der Waals surface area contributed by atoms with Gasteiger partial charge in [0.15, 0.2) is 0 Å². The zero-order valence-electron chi connectivity index (χ0n) is 10.3. The van der Waals surface area contributed by atoms with Gasteiger partial charge in [-0.1, -0.05) is 36.0 Å². The van der Waals surface area contributed by atoms with E-state index >= 15 is 0 Å². The summed E-state index contributed by atoms with van der Waals surface area (Å²) in [6.07, 6.45) is 0. The third-order valence-electron chi connectivity index (χ3n) is 2.77. The summed E-state index contributed by atoms with van der Waals surface area (Å²) in [7, 11) is 0. The molecule has 17 heavy (non-hydrogen) atoms. The van der Waals surface area contributed by atoms with E-state index in [0.29, 0.717) is 0 Å². The summed E-state index contributed by atoms with van der Waals surface area (Å²) in [6, 6.07) is 12.0. The molecule has 0 atom stereocenters. The Labute approximate surface area is 106 Å². The molecule has 0 heterocycles. The minimum Gasteiger partial charge on any atom is -0.206 e. The average molecular weight is 246 g/mol. The van der Waals surface area contributed by atoms with Gasteiger partial charge in [-0.25, -0.2) is 4.39 Å². The van der Waals surface area contributed by atoms with E-state index in [0.717, 1.165) is 26.5 Å². The van der Waals surface area contributed by atoms with Crippen LogP contribution in [0.1, 0.15) is 16.7 Å². The summed E-state index contributed by atoms with van der Waals surface area (Å²) in [5.41, 5.74) is 2.60. The van der Waals surface area contributed by atoms with Crippen LogP contribution in [0.3, 0.4) is 0 Å². The monoisotopic (exact) mass is 246 g/mol. The normalized spacial score (nSPS) is 10.6. The molecule has 88 valence electrons. The highest BCUT2D eigenvalue weighted by molar-refractivity contribution is 7.99. The number of hydrogen-bond acceptors (Lipinski definition) is 1. The second-order valence-electron chi connectivity index (χ2n) is 4.19. The summed E-state index contributed by atoms with van der Waals surface area (Å²) in [5, 5.41) is 0. The van der Waals surface area contributed by atoms with Crippen molar-refractivity contribution in [1.29, 1.82) is 0 Å². The van der Waals surface area contributed by atoms with Crippen LogP contribution in [0.5, 0.6) is 0 Å². The fraction of sp³-hybridized carbons (Fsp3) is 0.200. The van der Waals surface area contributed by atoms with Crippen LogP contribution < -0.4 is 0 Å². The van der Waals surface area contributed by atoms with E-state index in [4.69, 9.17) is 0 Å². The molecule has 0 nitrogen and oxygen atoms in total. The number of aryl methyl sites for hydroxylation is 2. The van der Waals surface area contributed by atoms with Crippen molar-refractivity contribution in [2.75, 3.05) is 0 Å². The quantitative estimate of drug-likeness (QED) is 0.726. The van der Waals surface area contributed by atoms with Crippen LogP contribution in [0.2, 0.25) is 0 Å². The molecule has 0 amide bonds. The Morgan fingerprint density at radius 3 is 2.24 bits per heavy atom. The van der Waals surface area contributed by atoms with Crippen LogP contribution in [-0.2, 0) is 0 Å². The largest absolute Gasteiger partial charge is 0.206 e. The van der Waals surface area contributed by atoms with Crippen molar-refractivity contribution in [3.05, 3.63) is 58.9 Å². The van der Waals surface area contributed by atoms with Crippen molar-refractivity contribution in [3.63, 3.8) is 0 Å². The second kappa shape index (κ2) is 4.92. The van der Waals surface area contributed by atoms with Crippen LogP contribution in [0.25, 0.3) is 0 Å². The molecule has 0 spiro atoms. The van der Waals surface area contributed by atoms with Gasteiger partial charge >= 0.3 is 0 Å². The fourth-order valence-corrected chi connectivity index (χ4v) is 2.90. The van der Waals surface area contributed by atoms with E-state index in [1.165, 1.54) is 0 Å². The number of rotatable bonds is 2. The number of benzene rings is 2. The standard InChI is InChI=1S/C15H15FS/c1-10-9-11(2)15(12(3)14(10)16)17-13-7-5-4-6-8-13/h4-9H,1-3H3. The molecule has 0 aromatic heterocycles. The summed E-state index contributed by atoms with van der Waals surface area (Å²) in [6.45, 7) is 5.69. The van der Waals surface area contributed by atoms with Gasteiger partial charge in [-0.2, -0.15) is 0 Å². The SMILES string of the molecule is Cc1cc(C)c(Sc2ccccc2)c(C)c1F. The van der Waals surface area contributed by atoms with E-state index in [-0.39, 0.29) is 5.82 Å². The highest BCUT2D eigenvalue weighted by atomic mass is 32.2. The topological polar surface area (TPSA) is 0 Å². The lowest BCUT2D eigenvalue weighted by molar-refractivity contribution is 0.603. The van der Waals surface area contributed by atoms with Crippen LogP contribution >= 0.6 is 11.8 Å². The van der Waals surface area contributed by atoms with E-state index in [1.54, 1.807) is 11.8 Å². The van der Waals surface area contributed by atoms with Gasteiger partial charge in [-0.3, -0.25) is 0 Å². The smallest absolute Gasteiger partial charge is 0.130 e. The molecule has 0 N–H and O–H groups in total. The molecule has 2 aromatic rings. The average Bonchev–Trinajstić information content (AvgIpc) is 2.33. The van der Waals surface area contributed by atoms with Crippen molar-refractivity contribution in [2.45, 2.75) is 30.6 Å². The predicted octanol–water partition coefficient (Wildman–Crippen LogP) is 4.90. The van der Waals surface area contributed by atoms with Crippen LogP contribution in [0, 0.1) is 26.6 Å². The lowest BCUT2D eigenvalue weighted by Crippen LogP contribution is -1.94. The summed E-state index contributed by atoms with van der Waals surface area (Å²) in [5.74, 6) is -0.0889. The molecule has 0 unspecified atom stereocenters. The molecule has 0 aliphatic carbocycles. The second-order valence-corrected chi connectivity index (χ2v) is 5.28. The molecule has 2 heteroatoms. The Balaban J connectivity index is 2.43. The number of halogens is 1. The lowest BCUT2D eigenvalue weighted by atomic mass is 10.1. The van der Waals surface area contributed by atoms with Gasteiger partial charge in [0.25, 0.3) is 0 Å². The molecule has 0 radical (unpaired) electrons. The van der Waals surface area contributed by atoms with Gasteiger partial charge in [0.05, 0.1) is 0 Å². The fourth-order valence-electron chi connectivity index (χ4n) is 1.91. The Morgan fingerprint density at radius 1 is 0.941 bits per heavy atom.